The van der Waals surface area contributed by atoms with Crippen molar-refractivity contribution in [2.75, 3.05) is 18.4 Å². The van der Waals surface area contributed by atoms with E-state index in [4.69, 9.17) is 11.6 Å². The van der Waals surface area contributed by atoms with Gasteiger partial charge in [-0.15, -0.1) is 0 Å². The Labute approximate surface area is 205 Å². The Morgan fingerprint density at radius 3 is 2.06 bits per heavy atom. The molecule has 0 unspecified atom stereocenters. The van der Waals surface area contributed by atoms with Crippen LogP contribution in [0.2, 0.25) is 5.02 Å². The molecule has 1 aliphatic rings. The van der Waals surface area contributed by atoms with E-state index in [0.29, 0.717) is 17.7 Å². The fourth-order valence-corrected chi connectivity index (χ4v) is 3.79. The SMILES string of the molecule is O=C(C=Cc1ccc(F)c(Cl)c1)NC1(C(=O)Nc2cc(C(F)(F)F)cc(C(F)(F)F)c2)CCNCC1. The summed E-state index contributed by atoms with van der Waals surface area (Å²) >= 11 is 5.69. The summed E-state index contributed by atoms with van der Waals surface area (Å²) in [7, 11) is 0. The van der Waals surface area contributed by atoms with Crippen LogP contribution in [0, 0.1) is 5.82 Å². The summed E-state index contributed by atoms with van der Waals surface area (Å²) in [5.41, 5.74) is -5.12. The molecule has 194 valence electrons. The molecule has 1 aliphatic heterocycles. The number of carbonyl (C=O) groups excluding carboxylic acids is 2. The number of benzene rings is 2. The number of piperidine rings is 1. The molecule has 36 heavy (non-hydrogen) atoms. The highest BCUT2D eigenvalue weighted by atomic mass is 35.5. The number of carbonyl (C=O) groups is 2. The number of nitrogens with one attached hydrogen (secondary N) is 3. The lowest BCUT2D eigenvalue weighted by Crippen LogP contribution is -2.61. The average Bonchev–Trinajstić information content (AvgIpc) is 2.79. The molecule has 0 spiro atoms. The number of anilines is 1. The smallest absolute Gasteiger partial charge is 0.338 e. The standard InChI is InChI=1S/C23H19ClF7N3O2/c24-17-9-13(1-3-18(17)25)2-4-19(35)34-21(5-7-32-8-6-21)20(36)33-16-11-14(22(26,27)28)10-15(12-16)23(29,30)31/h1-4,9-12,32H,5-8H2,(H,33,36)(H,34,35). The Bertz CT molecular complexity index is 1140. The Morgan fingerprint density at radius 2 is 1.53 bits per heavy atom. The number of hydrogen-bond donors (Lipinski definition) is 3. The zero-order valence-corrected chi connectivity index (χ0v) is 19.0. The minimum Gasteiger partial charge on any atom is -0.338 e. The lowest BCUT2D eigenvalue weighted by Gasteiger charge is -2.36. The number of amides is 2. The second-order valence-electron chi connectivity index (χ2n) is 8.08. The van der Waals surface area contributed by atoms with E-state index in [1.165, 1.54) is 18.2 Å². The molecule has 2 aromatic carbocycles. The second kappa shape index (κ2) is 10.5. The number of rotatable bonds is 5. The molecule has 3 rings (SSSR count). The lowest BCUT2D eigenvalue weighted by atomic mass is 9.87. The van der Waals surface area contributed by atoms with Gasteiger partial charge in [-0.1, -0.05) is 17.7 Å². The van der Waals surface area contributed by atoms with Gasteiger partial charge in [0, 0.05) is 11.8 Å². The van der Waals surface area contributed by atoms with E-state index in [9.17, 15) is 40.3 Å². The van der Waals surface area contributed by atoms with Crippen LogP contribution in [-0.2, 0) is 21.9 Å². The van der Waals surface area contributed by atoms with Gasteiger partial charge in [0.1, 0.15) is 11.4 Å². The Morgan fingerprint density at radius 1 is 0.944 bits per heavy atom. The van der Waals surface area contributed by atoms with Gasteiger partial charge in [-0.3, -0.25) is 9.59 Å². The molecule has 13 heteroatoms. The van der Waals surface area contributed by atoms with Crippen LogP contribution in [0.5, 0.6) is 0 Å². The molecule has 0 aliphatic carbocycles. The van der Waals surface area contributed by atoms with Crippen LogP contribution in [-0.4, -0.2) is 30.4 Å². The largest absolute Gasteiger partial charge is 0.416 e. The van der Waals surface area contributed by atoms with Crippen molar-refractivity contribution in [1.82, 2.24) is 10.6 Å². The molecular formula is C23H19ClF7N3O2. The van der Waals surface area contributed by atoms with Gasteiger partial charge >= 0.3 is 12.4 Å². The van der Waals surface area contributed by atoms with Gasteiger partial charge in [0.15, 0.2) is 0 Å². The number of alkyl halides is 6. The van der Waals surface area contributed by atoms with Crippen LogP contribution >= 0.6 is 11.6 Å². The van der Waals surface area contributed by atoms with E-state index in [1.807, 2.05) is 0 Å². The molecule has 5 nitrogen and oxygen atoms in total. The first kappa shape index (κ1) is 27.5. The third-order valence-electron chi connectivity index (χ3n) is 5.47. The minimum atomic E-state index is -5.09. The Balaban J connectivity index is 1.85. The van der Waals surface area contributed by atoms with Crippen molar-refractivity contribution >= 4 is 35.2 Å². The maximum Gasteiger partial charge on any atom is 0.416 e. The van der Waals surface area contributed by atoms with E-state index in [0.717, 1.165) is 12.1 Å². The maximum absolute atomic E-state index is 13.3. The molecule has 0 bridgehead atoms. The van der Waals surface area contributed by atoms with Gasteiger partial charge in [-0.25, -0.2) is 4.39 Å². The highest BCUT2D eigenvalue weighted by Gasteiger charge is 2.42. The van der Waals surface area contributed by atoms with E-state index in [2.05, 4.69) is 16.0 Å². The van der Waals surface area contributed by atoms with Crippen molar-refractivity contribution in [1.29, 1.82) is 0 Å². The van der Waals surface area contributed by atoms with Gasteiger partial charge in [0.2, 0.25) is 11.8 Å². The average molecular weight is 538 g/mol. The number of hydrogen-bond acceptors (Lipinski definition) is 3. The fourth-order valence-electron chi connectivity index (χ4n) is 3.61. The highest BCUT2D eigenvalue weighted by Crippen LogP contribution is 2.38. The van der Waals surface area contributed by atoms with Gasteiger partial charge in [0.25, 0.3) is 0 Å². The maximum atomic E-state index is 13.3. The molecule has 2 amide bonds. The molecule has 0 radical (unpaired) electrons. The molecule has 2 aromatic rings. The third kappa shape index (κ3) is 6.76. The van der Waals surface area contributed by atoms with Crippen LogP contribution in [0.15, 0.2) is 42.5 Å². The normalized spacial score (nSPS) is 16.1. The predicted octanol–water partition coefficient (Wildman–Crippen LogP) is 5.41. The van der Waals surface area contributed by atoms with E-state index < -0.39 is 52.3 Å². The highest BCUT2D eigenvalue weighted by molar-refractivity contribution is 6.30. The summed E-state index contributed by atoms with van der Waals surface area (Å²) in [5.74, 6) is -2.39. The van der Waals surface area contributed by atoms with Gasteiger partial charge in [0.05, 0.1) is 16.1 Å². The summed E-state index contributed by atoms with van der Waals surface area (Å²) in [6.45, 7) is 0.503. The van der Waals surface area contributed by atoms with Crippen LogP contribution in [0.25, 0.3) is 6.08 Å². The summed E-state index contributed by atoms with van der Waals surface area (Å²) in [6.07, 6.45) is -7.79. The van der Waals surface area contributed by atoms with Gasteiger partial charge in [-0.2, -0.15) is 26.3 Å². The van der Waals surface area contributed by atoms with Gasteiger partial charge < -0.3 is 16.0 Å². The summed E-state index contributed by atoms with van der Waals surface area (Å²) < 4.78 is 92.3. The molecule has 0 saturated carbocycles. The first-order valence-corrected chi connectivity index (χ1v) is 10.8. The first-order valence-electron chi connectivity index (χ1n) is 10.5. The van der Waals surface area contributed by atoms with E-state index in [1.54, 1.807) is 0 Å². The van der Waals surface area contributed by atoms with E-state index >= 15 is 0 Å². The predicted molar refractivity (Wildman–Crippen MR) is 118 cm³/mol. The first-order chi connectivity index (χ1) is 16.7. The Hall–Kier alpha value is -3.12. The van der Waals surface area contributed by atoms with Crippen LogP contribution < -0.4 is 16.0 Å². The quantitative estimate of drug-likeness (QED) is 0.353. The second-order valence-corrected chi connectivity index (χ2v) is 8.48. The van der Waals surface area contributed by atoms with Crippen molar-refractivity contribution in [3.8, 4) is 0 Å². The molecule has 3 N–H and O–H groups in total. The number of halogens is 8. The monoisotopic (exact) mass is 537 g/mol. The summed E-state index contributed by atoms with van der Waals surface area (Å²) in [4.78, 5) is 25.7. The fraction of sp³-hybridized carbons (Fsp3) is 0.304. The zero-order valence-electron chi connectivity index (χ0n) is 18.3. The van der Waals surface area contributed by atoms with Crippen molar-refractivity contribution in [2.24, 2.45) is 0 Å². The molecular weight excluding hydrogens is 519 g/mol. The molecule has 1 fully saturated rings. The molecule has 0 atom stereocenters. The van der Waals surface area contributed by atoms with Crippen molar-refractivity contribution in [2.45, 2.75) is 30.7 Å². The van der Waals surface area contributed by atoms with Crippen LogP contribution in [0.1, 0.15) is 29.5 Å². The summed E-state index contributed by atoms with van der Waals surface area (Å²) in [6, 6.07) is 4.43. The molecule has 1 saturated heterocycles. The third-order valence-corrected chi connectivity index (χ3v) is 5.76. The molecule has 1 heterocycles. The minimum absolute atomic E-state index is 0.0197. The van der Waals surface area contributed by atoms with E-state index in [-0.39, 0.29) is 37.0 Å². The van der Waals surface area contributed by atoms with Gasteiger partial charge in [-0.05, 0) is 67.9 Å². The summed E-state index contributed by atoms with van der Waals surface area (Å²) in [5, 5.41) is 7.40. The van der Waals surface area contributed by atoms with Crippen LogP contribution in [0.3, 0.4) is 0 Å². The van der Waals surface area contributed by atoms with Crippen molar-refractivity contribution in [3.63, 3.8) is 0 Å². The molecule has 0 aromatic heterocycles. The van der Waals surface area contributed by atoms with Crippen molar-refractivity contribution in [3.05, 3.63) is 70.0 Å². The van der Waals surface area contributed by atoms with Crippen LogP contribution in [0.4, 0.5) is 36.4 Å². The Kier molecular flexibility index (Phi) is 7.99. The lowest BCUT2D eigenvalue weighted by molar-refractivity contribution is -0.143. The topological polar surface area (TPSA) is 70.2 Å². The zero-order chi connectivity index (χ0) is 26.7. The van der Waals surface area contributed by atoms with Crippen molar-refractivity contribution < 1.29 is 40.3 Å².